The second-order valence-corrected chi connectivity index (χ2v) is 5.69. The summed E-state index contributed by atoms with van der Waals surface area (Å²) in [6, 6.07) is 8.78. The lowest BCUT2D eigenvalue weighted by atomic mass is 9.98. The van der Waals surface area contributed by atoms with Crippen LogP contribution in [-0.4, -0.2) is 19.1 Å². The third-order valence-corrected chi connectivity index (χ3v) is 3.62. The smallest absolute Gasteiger partial charge is 0.0363 e. The molecule has 0 heterocycles. The standard InChI is InChI=1S/C17H31N3/c1-4-7-15(8-5-2)13-19-16-9-6-10-17(11-16)20-14(3)12-18/h6,9-11,14-15,19-20H,4-5,7-8,12-13,18H2,1-3H3/t14-/m0/s1. The molecule has 1 atom stereocenters. The Labute approximate surface area is 124 Å². The average molecular weight is 277 g/mol. The van der Waals surface area contributed by atoms with Gasteiger partial charge in [0.15, 0.2) is 0 Å². The van der Waals surface area contributed by atoms with Crippen LogP contribution in [0.5, 0.6) is 0 Å². The van der Waals surface area contributed by atoms with Crippen LogP contribution < -0.4 is 16.4 Å². The van der Waals surface area contributed by atoms with Crippen LogP contribution in [0.3, 0.4) is 0 Å². The van der Waals surface area contributed by atoms with E-state index in [4.69, 9.17) is 5.73 Å². The van der Waals surface area contributed by atoms with E-state index >= 15 is 0 Å². The molecule has 0 aliphatic heterocycles. The summed E-state index contributed by atoms with van der Waals surface area (Å²) in [4.78, 5) is 0. The van der Waals surface area contributed by atoms with Gasteiger partial charge >= 0.3 is 0 Å². The lowest BCUT2D eigenvalue weighted by Gasteiger charge is -2.18. The number of hydrogen-bond donors (Lipinski definition) is 3. The Morgan fingerprint density at radius 2 is 1.75 bits per heavy atom. The normalized spacial score (nSPS) is 12.4. The highest BCUT2D eigenvalue weighted by atomic mass is 14.9. The van der Waals surface area contributed by atoms with E-state index in [9.17, 15) is 0 Å². The molecule has 0 amide bonds. The Morgan fingerprint density at radius 3 is 2.35 bits per heavy atom. The number of nitrogens with two attached hydrogens (primary N) is 1. The zero-order valence-electron chi connectivity index (χ0n) is 13.3. The highest BCUT2D eigenvalue weighted by molar-refractivity contribution is 5.57. The van der Waals surface area contributed by atoms with Gasteiger partial charge in [-0.25, -0.2) is 0 Å². The molecule has 0 aliphatic carbocycles. The van der Waals surface area contributed by atoms with Gasteiger partial charge in [0.1, 0.15) is 0 Å². The summed E-state index contributed by atoms with van der Waals surface area (Å²) in [5, 5.41) is 6.98. The molecular formula is C17H31N3. The second kappa shape index (κ2) is 9.65. The molecule has 114 valence electrons. The Bertz CT molecular complexity index is 359. The minimum absolute atomic E-state index is 0.304. The van der Waals surface area contributed by atoms with E-state index in [1.54, 1.807) is 0 Å². The first-order valence-electron chi connectivity index (χ1n) is 8.00. The minimum Gasteiger partial charge on any atom is -0.385 e. The van der Waals surface area contributed by atoms with Gasteiger partial charge in [0.05, 0.1) is 0 Å². The lowest BCUT2D eigenvalue weighted by molar-refractivity contribution is 0.461. The number of rotatable bonds is 10. The molecule has 0 bridgehead atoms. The van der Waals surface area contributed by atoms with Gasteiger partial charge in [-0.05, 0) is 43.9 Å². The molecule has 20 heavy (non-hydrogen) atoms. The van der Waals surface area contributed by atoms with Gasteiger partial charge in [0, 0.05) is 30.5 Å². The van der Waals surface area contributed by atoms with Crippen molar-refractivity contribution in [2.24, 2.45) is 11.7 Å². The van der Waals surface area contributed by atoms with Crippen molar-refractivity contribution >= 4 is 11.4 Å². The van der Waals surface area contributed by atoms with Gasteiger partial charge in [-0.2, -0.15) is 0 Å². The van der Waals surface area contributed by atoms with Gasteiger partial charge in [0.25, 0.3) is 0 Å². The van der Waals surface area contributed by atoms with E-state index in [0.29, 0.717) is 12.6 Å². The molecule has 0 aromatic heterocycles. The number of anilines is 2. The van der Waals surface area contributed by atoms with Gasteiger partial charge in [0.2, 0.25) is 0 Å². The molecule has 0 saturated carbocycles. The molecule has 0 aliphatic rings. The van der Waals surface area contributed by atoms with Crippen molar-refractivity contribution < 1.29 is 0 Å². The Morgan fingerprint density at radius 1 is 1.10 bits per heavy atom. The van der Waals surface area contributed by atoms with Crippen molar-refractivity contribution in [3.8, 4) is 0 Å². The quantitative estimate of drug-likeness (QED) is 0.604. The fraction of sp³-hybridized carbons (Fsp3) is 0.647. The Balaban J connectivity index is 2.52. The molecule has 0 spiro atoms. The van der Waals surface area contributed by atoms with E-state index in [-0.39, 0.29) is 0 Å². The maximum absolute atomic E-state index is 5.64. The zero-order valence-corrected chi connectivity index (χ0v) is 13.3. The van der Waals surface area contributed by atoms with Crippen LogP contribution in [0.15, 0.2) is 24.3 Å². The fourth-order valence-corrected chi connectivity index (χ4v) is 2.49. The van der Waals surface area contributed by atoms with E-state index in [1.807, 2.05) is 0 Å². The van der Waals surface area contributed by atoms with Crippen LogP contribution in [0, 0.1) is 5.92 Å². The van der Waals surface area contributed by atoms with Gasteiger partial charge < -0.3 is 16.4 Å². The van der Waals surface area contributed by atoms with Crippen molar-refractivity contribution in [2.45, 2.75) is 52.5 Å². The molecule has 0 saturated heterocycles. The van der Waals surface area contributed by atoms with Crippen LogP contribution in [0.4, 0.5) is 11.4 Å². The van der Waals surface area contributed by atoms with Crippen molar-refractivity contribution in [1.29, 1.82) is 0 Å². The van der Waals surface area contributed by atoms with Crippen LogP contribution in [0.25, 0.3) is 0 Å². The molecule has 4 N–H and O–H groups in total. The number of hydrogen-bond acceptors (Lipinski definition) is 3. The average Bonchev–Trinajstić information content (AvgIpc) is 2.45. The SMILES string of the molecule is CCCC(CCC)CNc1cccc(N[C@@H](C)CN)c1. The van der Waals surface area contributed by atoms with Crippen molar-refractivity contribution in [1.82, 2.24) is 0 Å². The fourth-order valence-electron chi connectivity index (χ4n) is 2.49. The summed E-state index contributed by atoms with van der Waals surface area (Å²) in [5.41, 5.74) is 7.97. The number of benzene rings is 1. The highest BCUT2D eigenvalue weighted by Gasteiger charge is 2.06. The minimum atomic E-state index is 0.304. The molecule has 1 aromatic carbocycles. The molecule has 1 rings (SSSR count). The summed E-state index contributed by atoms with van der Waals surface area (Å²) in [7, 11) is 0. The summed E-state index contributed by atoms with van der Waals surface area (Å²) < 4.78 is 0. The maximum atomic E-state index is 5.64. The van der Waals surface area contributed by atoms with E-state index in [1.165, 1.54) is 31.4 Å². The van der Waals surface area contributed by atoms with Gasteiger partial charge in [-0.3, -0.25) is 0 Å². The molecule has 0 fully saturated rings. The first-order chi connectivity index (χ1) is 9.69. The third-order valence-electron chi connectivity index (χ3n) is 3.62. The summed E-state index contributed by atoms with van der Waals surface area (Å²) >= 11 is 0. The summed E-state index contributed by atoms with van der Waals surface area (Å²) in [5.74, 6) is 0.782. The van der Waals surface area contributed by atoms with Crippen LogP contribution >= 0.6 is 0 Å². The molecule has 3 heteroatoms. The first kappa shape index (κ1) is 16.8. The Hall–Kier alpha value is -1.22. The van der Waals surface area contributed by atoms with Crippen LogP contribution in [0.2, 0.25) is 0 Å². The van der Waals surface area contributed by atoms with Crippen LogP contribution in [0.1, 0.15) is 46.5 Å². The maximum Gasteiger partial charge on any atom is 0.0363 e. The highest BCUT2D eigenvalue weighted by Crippen LogP contribution is 2.18. The molecular weight excluding hydrogens is 246 g/mol. The van der Waals surface area contributed by atoms with Crippen molar-refractivity contribution in [3.63, 3.8) is 0 Å². The Kier molecular flexibility index (Phi) is 8.12. The largest absolute Gasteiger partial charge is 0.385 e. The molecule has 3 nitrogen and oxygen atoms in total. The zero-order chi connectivity index (χ0) is 14.8. The van der Waals surface area contributed by atoms with Crippen molar-refractivity contribution in [3.05, 3.63) is 24.3 Å². The predicted octanol–water partition coefficient (Wildman–Crippen LogP) is 4.07. The molecule has 0 unspecified atom stereocenters. The first-order valence-corrected chi connectivity index (χ1v) is 8.00. The predicted molar refractivity (Wildman–Crippen MR) is 90.4 cm³/mol. The summed E-state index contributed by atoms with van der Waals surface area (Å²) in [6.45, 7) is 8.34. The van der Waals surface area contributed by atoms with Crippen molar-refractivity contribution in [2.75, 3.05) is 23.7 Å². The van der Waals surface area contributed by atoms with E-state index in [2.05, 4.69) is 55.7 Å². The molecule has 0 radical (unpaired) electrons. The van der Waals surface area contributed by atoms with E-state index in [0.717, 1.165) is 18.2 Å². The van der Waals surface area contributed by atoms with Gasteiger partial charge in [-0.15, -0.1) is 0 Å². The molecule has 1 aromatic rings. The second-order valence-electron chi connectivity index (χ2n) is 5.69. The van der Waals surface area contributed by atoms with E-state index < -0.39 is 0 Å². The number of nitrogens with one attached hydrogen (secondary N) is 2. The van der Waals surface area contributed by atoms with Crippen LogP contribution in [-0.2, 0) is 0 Å². The van der Waals surface area contributed by atoms with Gasteiger partial charge in [-0.1, -0.05) is 32.8 Å². The lowest BCUT2D eigenvalue weighted by Crippen LogP contribution is -2.25. The topological polar surface area (TPSA) is 50.1 Å². The summed E-state index contributed by atoms with van der Waals surface area (Å²) in [6.07, 6.45) is 5.15. The monoisotopic (exact) mass is 277 g/mol. The third kappa shape index (κ3) is 6.29.